The van der Waals surface area contributed by atoms with Crippen molar-refractivity contribution in [3.05, 3.63) is 89.5 Å². The number of carbonyl (C=O) groups excluding carboxylic acids is 1. The van der Waals surface area contributed by atoms with Crippen molar-refractivity contribution in [3.63, 3.8) is 0 Å². The summed E-state index contributed by atoms with van der Waals surface area (Å²) in [4.78, 5) is 15.3. The topological polar surface area (TPSA) is 41.6 Å². The molecule has 41 heavy (non-hydrogen) atoms. The Morgan fingerprint density at radius 2 is 1.63 bits per heavy atom. The first-order chi connectivity index (χ1) is 19.5. The van der Waals surface area contributed by atoms with Crippen LogP contribution in [0.15, 0.2) is 72.8 Å². The number of nitrogens with zero attached hydrogens (tertiary/aromatic N) is 1. The molecule has 1 aliphatic heterocycles. The van der Waals surface area contributed by atoms with E-state index >= 15 is 0 Å². The number of unbranched alkanes of at least 4 members (excludes halogenated alkanes) is 2. The van der Waals surface area contributed by atoms with Gasteiger partial charge in [0.15, 0.2) is 0 Å². The third kappa shape index (κ3) is 9.09. The van der Waals surface area contributed by atoms with E-state index in [1.165, 1.54) is 12.1 Å². The zero-order valence-electron chi connectivity index (χ0n) is 24.3. The first kappa shape index (κ1) is 30.6. The molecule has 1 amide bonds. The summed E-state index contributed by atoms with van der Waals surface area (Å²) in [6.45, 7) is 8.83. The van der Waals surface area contributed by atoms with E-state index in [2.05, 4.69) is 37.1 Å². The maximum Gasteiger partial charge on any atom is 0.416 e. The first-order valence-corrected chi connectivity index (χ1v) is 14.6. The fraction of sp³-hybridized carbons (Fsp3) is 0.441. The average Bonchev–Trinajstić information content (AvgIpc) is 2.94. The molecule has 1 N–H and O–H groups in total. The van der Waals surface area contributed by atoms with Crippen LogP contribution in [-0.4, -0.2) is 35.5 Å². The largest absolute Gasteiger partial charge is 0.490 e. The minimum Gasteiger partial charge on any atom is -0.490 e. The highest BCUT2D eigenvalue weighted by Gasteiger charge is 2.30. The Labute approximate surface area is 241 Å². The number of nitrogens with one attached hydrogen (secondary N) is 1. The van der Waals surface area contributed by atoms with E-state index in [1.807, 2.05) is 42.5 Å². The van der Waals surface area contributed by atoms with E-state index in [0.29, 0.717) is 11.3 Å². The Kier molecular flexibility index (Phi) is 10.1. The predicted molar refractivity (Wildman–Crippen MR) is 158 cm³/mol. The molecule has 1 heterocycles. The van der Waals surface area contributed by atoms with Crippen LogP contribution in [0, 0.1) is 0 Å². The summed E-state index contributed by atoms with van der Waals surface area (Å²) < 4.78 is 45.0. The Morgan fingerprint density at radius 1 is 0.927 bits per heavy atom. The van der Waals surface area contributed by atoms with Gasteiger partial charge in [-0.05, 0) is 86.2 Å². The second-order valence-corrected chi connectivity index (χ2v) is 11.7. The lowest BCUT2D eigenvalue weighted by Crippen LogP contribution is -2.43. The number of carbonyl (C=O) groups is 1. The van der Waals surface area contributed by atoms with Gasteiger partial charge in [0.25, 0.3) is 5.91 Å². The number of rotatable bonds is 11. The smallest absolute Gasteiger partial charge is 0.416 e. The molecule has 0 aliphatic carbocycles. The van der Waals surface area contributed by atoms with Crippen molar-refractivity contribution in [1.29, 1.82) is 0 Å². The number of amides is 1. The predicted octanol–water partition coefficient (Wildman–Crippen LogP) is 8.50. The van der Waals surface area contributed by atoms with Crippen molar-refractivity contribution in [2.24, 2.45) is 0 Å². The lowest BCUT2D eigenvalue weighted by Gasteiger charge is -2.32. The number of alkyl halides is 3. The minimum atomic E-state index is -4.33. The molecule has 0 radical (unpaired) electrons. The maximum atomic E-state index is 12.9. The minimum absolute atomic E-state index is 0.0773. The van der Waals surface area contributed by atoms with Crippen LogP contribution in [0.25, 0.3) is 11.1 Å². The van der Waals surface area contributed by atoms with Crippen molar-refractivity contribution < 1.29 is 22.7 Å². The van der Waals surface area contributed by atoms with Gasteiger partial charge in [0.2, 0.25) is 0 Å². The molecule has 7 heteroatoms. The molecule has 3 aromatic carbocycles. The maximum absolute atomic E-state index is 12.9. The summed E-state index contributed by atoms with van der Waals surface area (Å²) >= 11 is 0. The molecular formula is C34H41F3N2O2. The molecule has 4 nitrogen and oxygen atoms in total. The van der Waals surface area contributed by atoms with Crippen molar-refractivity contribution in [1.82, 2.24) is 10.2 Å². The number of ether oxygens (including phenoxy) is 1. The van der Waals surface area contributed by atoms with Gasteiger partial charge in [-0.25, -0.2) is 0 Å². The number of benzene rings is 3. The van der Waals surface area contributed by atoms with Gasteiger partial charge in [-0.1, -0.05) is 62.6 Å². The Hall–Kier alpha value is -3.32. The Morgan fingerprint density at radius 3 is 2.32 bits per heavy atom. The highest BCUT2D eigenvalue weighted by Crippen LogP contribution is 2.31. The lowest BCUT2D eigenvalue weighted by atomic mass is 9.96. The molecule has 0 saturated carbocycles. The van der Waals surface area contributed by atoms with E-state index in [4.69, 9.17) is 4.74 Å². The third-order valence-electron chi connectivity index (χ3n) is 7.67. The van der Waals surface area contributed by atoms with Crippen LogP contribution in [0.5, 0.6) is 5.75 Å². The van der Waals surface area contributed by atoms with E-state index in [9.17, 15) is 18.0 Å². The zero-order valence-corrected chi connectivity index (χ0v) is 24.3. The van der Waals surface area contributed by atoms with Crippen LogP contribution in [0.2, 0.25) is 0 Å². The van der Waals surface area contributed by atoms with Crippen molar-refractivity contribution in [2.75, 3.05) is 13.1 Å². The van der Waals surface area contributed by atoms with Crippen molar-refractivity contribution in [3.8, 4) is 16.9 Å². The van der Waals surface area contributed by atoms with Crippen LogP contribution in [-0.2, 0) is 12.7 Å². The second kappa shape index (κ2) is 13.6. The standard InChI is InChI=1S/C34H41F3N2O2/c1-4-5-6-19-33(2,3)38-32(40)28-11-8-12-31(23-28)41-30-17-20-39(21-18-30)24-25-9-7-10-27(22-25)26-13-15-29(16-14-26)34(35,36)37/h7-16,22-23,30H,4-6,17-21,24H2,1-3H3,(H,38,40). The van der Waals surface area contributed by atoms with Gasteiger partial charge in [-0.15, -0.1) is 0 Å². The quantitative estimate of drug-likeness (QED) is 0.237. The van der Waals surface area contributed by atoms with Gasteiger partial charge >= 0.3 is 6.18 Å². The second-order valence-electron chi connectivity index (χ2n) is 11.7. The van der Waals surface area contributed by atoms with Crippen LogP contribution >= 0.6 is 0 Å². The molecule has 3 aromatic rings. The van der Waals surface area contributed by atoms with Crippen molar-refractivity contribution in [2.45, 2.75) is 83.7 Å². The van der Waals surface area contributed by atoms with Gasteiger partial charge in [-0.2, -0.15) is 13.2 Å². The lowest BCUT2D eigenvalue weighted by molar-refractivity contribution is -0.137. The van der Waals surface area contributed by atoms with Crippen molar-refractivity contribution >= 4 is 5.91 Å². The summed E-state index contributed by atoms with van der Waals surface area (Å²) in [5.74, 6) is 0.634. The van der Waals surface area contributed by atoms with Crippen LogP contribution < -0.4 is 10.1 Å². The molecule has 0 unspecified atom stereocenters. The van der Waals surface area contributed by atoms with Gasteiger partial charge in [0.05, 0.1) is 5.56 Å². The molecule has 0 spiro atoms. The third-order valence-corrected chi connectivity index (χ3v) is 7.67. The van der Waals surface area contributed by atoms with E-state index < -0.39 is 11.7 Å². The number of halogens is 3. The molecule has 1 saturated heterocycles. The highest BCUT2D eigenvalue weighted by atomic mass is 19.4. The number of hydrogen-bond donors (Lipinski definition) is 1. The SMILES string of the molecule is CCCCCC(C)(C)NC(=O)c1cccc(OC2CCN(Cc3cccc(-c4ccc(C(F)(F)F)cc4)c3)CC2)c1. The summed E-state index contributed by atoms with van der Waals surface area (Å²) in [5, 5.41) is 3.17. The fourth-order valence-electron chi connectivity index (χ4n) is 5.31. The van der Waals surface area contributed by atoms with E-state index in [0.717, 1.165) is 87.0 Å². The highest BCUT2D eigenvalue weighted by molar-refractivity contribution is 5.95. The van der Waals surface area contributed by atoms with Crippen LogP contribution in [0.3, 0.4) is 0 Å². The fourth-order valence-corrected chi connectivity index (χ4v) is 5.31. The van der Waals surface area contributed by atoms with Gasteiger partial charge in [0.1, 0.15) is 11.9 Å². The van der Waals surface area contributed by atoms with Gasteiger partial charge in [0, 0.05) is 30.7 Å². The Bertz CT molecular complexity index is 1280. The normalized spacial score (nSPS) is 15.1. The number of piperidine rings is 1. The molecule has 4 rings (SSSR count). The average molecular weight is 567 g/mol. The molecule has 220 valence electrons. The first-order valence-electron chi connectivity index (χ1n) is 14.6. The number of likely N-dealkylation sites (tertiary alicyclic amines) is 1. The monoisotopic (exact) mass is 566 g/mol. The zero-order chi connectivity index (χ0) is 29.5. The molecule has 0 aromatic heterocycles. The summed E-state index contributed by atoms with van der Waals surface area (Å²) in [5.41, 5.74) is 2.51. The number of hydrogen-bond acceptors (Lipinski definition) is 3. The molecule has 0 bridgehead atoms. The Balaban J connectivity index is 1.28. The molecular weight excluding hydrogens is 525 g/mol. The van der Waals surface area contributed by atoms with Crippen LogP contribution in [0.1, 0.15) is 80.8 Å². The summed E-state index contributed by atoms with van der Waals surface area (Å²) in [6, 6.07) is 20.7. The van der Waals surface area contributed by atoms with Gasteiger partial charge in [-0.3, -0.25) is 9.69 Å². The van der Waals surface area contributed by atoms with Crippen LogP contribution in [0.4, 0.5) is 13.2 Å². The summed E-state index contributed by atoms with van der Waals surface area (Å²) in [7, 11) is 0. The molecule has 1 fully saturated rings. The molecule has 0 atom stereocenters. The van der Waals surface area contributed by atoms with E-state index in [1.54, 1.807) is 0 Å². The molecule has 1 aliphatic rings. The van der Waals surface area contributed by atoms with Gasteiger partial charge < -0.3 is 10.1 Å². The van der Waals surface area contributed by atoms with E-state index in [-0.39, 0.29) is 17.6 Å². The summed E-state index contributed by atoms with van der Waals surface area (Å²) in [6.07, 6.45) is 1.85.